The quantitative estimate of drug-likeness (QED) is 0.576. The van der Waals surface area contributed by atoms with Gasteiger partial charge in [-0.05, 0) is 23.6 Å². The highest BCUT2D eigenvalue weighted by molar-refractivity contribution is 5.67. The number of anilines is 4. The molecule has 3 rings (SSSR count). The molecule has 152 valence electrons. The summed E-state index contributed by atoms with van der Waals surface area (Å²) < 4.78 is 16.1. The molecule has 0 radical (unpaired) electrons. The molecule has 0 saturated heterocycles. The Morgan fingerprint density at radius 2 is 1.48 bits per heavy atom. The van der Waals surface area contributed by atoms with Crippen LogP contribution in [0.4, 0.5) is 23.1 Å². The Hall–Kier alpha value is -3.55. The lowest BCUT2D eigenvalue weighted by atomic mass is 10.0. The molecular formula is C21H25N5O3. The van der Waals surface area contributed by atoms with Gasteiger partial charge in [0.2, 0.25) is 11.7 Å². The number of rotatable bonds is 8. The summed E-state index contributed by atoms with van der Waals surface area (Å²) in [7, 11) is 4.70. The first kappa shape index (κ1) is 20.2. The van der Waals surface area contributed by atoms with Gasteiger partial charge >= 0.3 is 0 Å². The molecule has 0 amide bonds. The highest BCUT2D eigenvalue weighted by atomic mass is 16.5. The zero-order valence-electron chi connectivity index (χ0n) is 17.2. The van der Waals surface area contributed by atoms with Crippen molar-refractivity contribution in [3.8, 4) is 17.2 Å². The van der Waals surface area contributed by atoms with E-state index in [1.807, 2.05) is 12.1 Å². The minimum atomic E-state index is 0.389. The number of hydrogen-bond acceptors (Lipinski definition) is 8. The summed E-state index contributed by atoms with van der Waals surface area (Å²) in [6.45, 7) is 4.32. The van der Waals surface area contributed by atoms with E-state index < -0.39 is 0 Å². The lowest BCUT2D eigenvalue weighted by Crippen LogP contribution is -2.03. The fourth-order valence-electron chi connectivity index (χ4n) is 2.80. The van der Waals surface area contributed by atoms with E-state index in [-0.39, 0.29) is 0 Å². The average molecular weight is 395 g/mol. The second-order valence-corrected chi connectivity index (χ2v) is 6.61. The van der Waals surface area contributed by atoms with E-state index in [2.05, 4.69) is 51.8 Å². The van der Waals surface area contributed by atoms with Crippen LogP contribution in [-0.4, -0.2) is 36.5 Å². The Morgan fingerprint density at radius 1 is 0.828 bits per heavy atom. The Morgan fingerprint density at radius 3 is 2.03 bits per heavy atom. The van der Waals surface area contributed by atoms with Crippen LogP contribution in [0.5, 0.6) is 17.2 Å². The van der Waals surface area contributed by atoms with E-state index in [1.54, 1.807) is 33.5 Å². The first-order chi connectivity index (χ1) is 14.0. The fourth-order valence-corrected chi connectivity index (χ4v) is 2.80. The lowest BCUT2D eigenvalue weighted by molar-refractivity contribution is 0.324. The lowest BCUT2D eigenvalue weighted by Gasteiger charge is -2.15. The van der Waals surface area contributed by atoms with Crippen molar-refractivity contribution < 1.29 is 14.2 Å². The van der Waals surface area contributed by atoms with E-state index in [0.29, 0.717) is 40.6 Å². The first-order valence-electron chi connectivity index (χ1n) is 9.17. The maximum Gasteiger partial charge on any atom is 0.249 e. The Bertz CT molecular complexity index is 936. The van der Waals surface area contributed by atoms with Crippen molar-refractivity contribution in [2.24, 2.45) is 0 Å². The number of methoxy groups -OCH3 is 3. The van der Waals surface area contributed by atoms with Crippen molar-refractivity contribution in [2.45, 2.75) is 19.8 Å². The van der Waals surface area contributed by atoms with E-state index >= 15 is 0 Å². The van der Waals surface area contributed by atoms with Gasteiger partial charge in [-0.3, -0.25) is 0 Å². The molecule has 0 unspecified atom stereocenters. The summed E-state index contributed by atoms with van der Waals surface area (Å²) in [6.07, 6.45) is 1.54. The molecule has 29 heavy (non-hydrogen) atoms. The molecule has 8 heteroatoms. The van der Waals surface area contributed by atoms with Gasteiger partial charge in [0.15, 0.2) is 17.3 Å². The largest absolute Gasteiger partial charge is 0.493 e. The molecule has 0 aliphatic heterocycles. The number of nitrogens with one attached hydrogen (secondary N) is 2. The van der Waals surface area contributed by atoms with Crippen LogP contribution in [0, 0.1) is 0 Å². The van der Waals surface area contributed by atoms with Crippen molar-refractivity contribution >= 4 is 23.1 Å². The molecule has 0 aliphatic rings. The van der Waals surface area contributed by atoms with E-state index in [9.17, 15) is 0 Å². The minimum absolute atomic E-state index is 0.389. The van der Waals surface area contributed by atoms with Crippen molar-refractivity contribution in [2.75, 3.05) is 32.0 Å². The van der Waals surface area contributed by atoms with Crippen LogP contribution < -0.4 is 24.8 Å². The maximum atomic E-state index is 5.38. The van der Waals surface area contributed by atoms with Gasteiger partial charge < -0.3 is 24.8 Å². The summed E-state index contributed by atoms with van der Waals surface area (Å²) >= 11 is 0. The molecule has 0 spiro atoms. The molecule has 0 aliphatic carbocycles. The highest BCUT2D eigenvalue weighted by Gasteiger charge is 2.14. The van der Waals surface area contributed by atoms with Gasteiger partial charge in [0.25, 0.3) is 0 Å². The van der Waals surface area contributed by atoms with Crippen LogP contribution in [0.25, 0.3) is 0 Å². The SMILES string of the molecule is COc1cc(Nc2cnnc(Nc3ccc(C(C)C)cc3)n2)cc(OC)c1OC. The van der Waals surface area contributed by atoms with Crippen molar-refractivity contribution in [1.82, 2.24) is 15.2 Å². The number of nitrogens with zero attached hydrogens (tertiary/aromatic N) is 3. The smallest absolute Gasteiger partial charge is 0.249 e. The minimum Gasteiger partial charge on any atom is -0.493 e. The predicted octanol–water partition coefficient (Wildman–Crippen LogP) is 4.51. The number of aromatic nitrogens is 3. The number of hydrogen-bond donors (Lipinski definition) is 2. The maximum absolute atomic E-state index is 5.38. The first-order valence-corrected chi connectivity index (χ1v) is 9.17. The molecule has 1 aromatic heterocycles. The van der Waals surface area contributed by atoms with Gasteiger partial charge in [0, 0.05) is 23.5 Å². The number of benzene rings is 2. The van der Waals surface area contributed by atoms with Crippen LogP contribution in [-0.2, 0) is 0 Å². The zero-order valence-corrected chi connectivity index (χ0v) is 17.2. The van der Waals surface area contributed by atoms with Crippen LogP contribution >= 0.6 is 0 Å². The van der Waals surface area contributed by atoms with Gasteiger partial charge in [-0.25, -0.2) is 0 Å². The van der Waals surface area contributed by atoms with Gasteiger partial charge in [0.1, 0.15) is 0 Å². The second-order valence-electron chi connectivity index (χ2n) is 6.61. The topological polar surface area (TPSA) is 90.4 Å². The molecular weight excluding hydrogens is 370 g/mol. The third-order valence-corrected chi connectivity index (χ3v) is 4.33. The second kappa shape index (κ2) is 9.09. The molecule has 8 nitrogen and oxygen atoms in total. The molecule has 0 atom stereocenters. The van der Waals surface area contributed by atoms with Gasteiger partial charge in [-0.1, -0.05) is 26.0 Å². The van der Waals surface area contributed by atoms with Crippen LogP contribution in [0.2, 0.25) is 0 Å². The predicted molar refractivity (Wildman–Crippen MR) is 113 cm³/mol. The Kier molecular flexibility index (Phi) is 6.33. The standard InChI is InChI=1S/C21H25N5O3/c1-13(2)14-6-8-15(9-7-14)24-21-25-19(12-22-26-21)23-16-10-17(27-3)20(29-5)18(11-16)28-4/h6-13H,1-5H3,(H2,23,24,25,26). The van der Waals surface area contributed by atoms with Gasteiger partial charge in [-0.2, -0.15) is 10.1 Å². The van der Waals surface area contributed by atoms with Crippen molar-refractivity contribution in [3.05, 3.63) is 48.2 Å². The van der Waals surface area contributed by atoms with Crippen molar-refractivity contribution in [1.29, 1.82) is 0 Å². The summed E-state index contributed by atoms with van der Waals surface area (Å²) in [5, 5.41) is 14.4. The van der Waals surface area contributed by atoms with E-state index in [4.69, 9.17) is 14.2 Å². The van der Waals surface area contributed by atoms with E-state index in [1.165, 1.54) is 11.8 Å². The molecule has 2 aromatic carbocycles. The average Bonchev–Trinajstić information content (AvgIpc) is 2.73. The highest BCUT2D eigenvalue weighted by Crippen LogP contribution is 2.40. The molecule has 1 heterocycles. The summed E-state index contributed by atoms with van der Waals surface area (Å²) in [5.41, 5.74) is 2.88. The van der Waals surface area contributed by atoms with Gasteiger partial charge in [-0.15, -0.1) is 5.10 Å². The molecule has 2 N–H and O–H groups in total. The molecule has 0 saturated carbocycles. The Labute approximate surface area is 170 Å². The Balaban J connectivity index is 1.79. The normalized spacial score (nSPS) is 10.6. The summed E-state index contributed by atoms with van der Waals surface area (Å²) in [4.78, 5) is 4.47. The monoisotopic (exact) mass is 395 g/mol. The van der Waals surface area contributed by atoms with Gasteiger partial charge in [0.05, 0.1) is 27.5 Å². The van der Waals surface area contributed by atoms with Crippen LogP contribution in [0.15, 0.2) is 42.6 Å². The van der Waals surface area contributed by atoms with Crippen LogP contribution in [0.3, 0.4) is 0 Å². The van der Waals surface area contributed by atoms with Crippen LogP contribution in [0.1, 0.15) is 25.3 Å². The summed E-state index contributed by atoms with van der Waals surface area (Å²) in [6, 6.07) is 11.7. The van der Waals surface area contributed by atoms with E-state index in [0.717, 1.165) is 5.69 Å². The summed E-state index contributed by atoms with van der Waals surface area (Å²) in [5.74, 6) is 3.00. The third-order valence-electron chi connectivity index (χ3n) is 4.33. The zero-order chi connectivity index (χ0) is 20.8. The van der Waals surface area contributed by atoms with Crippen molar-refractivity contribution in [3.63, 3.8) is 0 Å². The number of ether oxygens (including phenoxy) is 3. The molecule has 0 bridgehead atoms. The fraction of sp³-hybridized carbons (Fsp3) is 0.286. The molecule has 0 fully saturated rings. The molecule has 3 aromatic rings. The third kappa shape index (κ3) is 4.84.